The summed E-state index contributed by atoms with van der Waals surface area (Å²) in [6.45, 7) is 0.229. The molecule has 3 amide bonds. The van der Waals surface area contributed by atoms with Gasteiger partial charge in [-0.2, -0.15) is 0 Å². The van der Waals surface area contributed by atoms with E-state index in [-0.39, 0.29) is 30.1 Å². The predicted molar refractivity (Wildman–Crippen MR) is 111 cm³/mol. The number of carbonyl (C=O) groups is 3. The van der Waals surface area contributed by atoms with E-state index >= 15 is 0 Å². The Morgan fingerprint density at radius 2 is 1.93 bits per heavy atom. The Labute approximate surface area is 173 Å². The van der Waals surface area contributed by atoms with Gasteiger partial charge in [-0.15, -0.1) is 0 Å². The van der Waals surface area contributed by atoms with Crippen LogP contribution < -0.4 is 5.32 Å². The molecule has 1 aliphatic rings. The SMILES string of the molecule is O=C(NCCN1C(=O)S/C(=C\c2ccccc2)C1=O)c1cc(Br)ccc1Cl. The maximum absolute atomic E-state index is 12.4. The summed E-state index contributed by atoms with van der Waals surface area (Å²) >= 11 is 10.2. The fourth-order valence-electron chi connectivity index (χ4n) is 2.44. The molecule has 27 heavy (non-hydrogen) atoms. The van der Waals surface area contributed by atoms with Gasteiger partial charge in [0.2, 0.25) is 0 Å². The van der Waals surface area contributed by atoms with Crippen molar-refractivity contribution in [2.45, 2.75) is 0 Å². The Kier molecular flexibility index (Phi) is 6.36. The molecule has 0 unspecified atom stereocenters. The average Bonchev–Trinajstić information content (AvgIpc) is 2.91. The van der Waals surface area contributed by atoms with Gasteiger partial charge < -0.3 is 5.32 Å². The molecule has 0 aliphatic carbocycles. The monoisotopic (exact) mass is 464 g/mol. The molecule has 1 saturated heterocycles. The number of hydrogen-bond donors (Lipinski definition) is 1. The van der Waals surface area contributed by atoms with Gasteiger partial charge in [-0.25, -0.2) is 0 Å². The molecule has 5 nitrogen and oxygen atoms in total. The third kappa shape index (κ3) is 4.80. The lowest BCUT2D eigenvalue weighted by atomic mass is 10.2. The van der Waals surface area contributed by atoms with Crippen LogP contribution in [0.3, 0.4) is 0 Å². The number of carbonyl (C=O) groups excluding carboxylic acids is 3. The molecule has 3 rings (SSSR count). The lowest BCUT2D eigenvalue weighted by Gasteiger charge is -2.13. The Hall–Kier alpha value is -2.09. The van der Waals surface area contributed by atoms with E-state index in [9.17, 15) is 14.4 Å². The first-order valence-corrected chi connectivity index (χ1v) is 9.98. The second-order valence-corrected chi connectivity index (χ2v) is 7.94. The zero-order valence-corrected chi connectivity index (χ0v) is 17.1. The van der Waals surface area contributed by atoms with Crippen molar-refractivity contribution in [2.75, 3.05) is 13.1 Å². The van der Waals surface area contributed by atoms with Crippen LogP contribution in [0.2, 0.25) is 5.02 Å². The molecule has 1 N–H and O–H groups in total. The van der Waals surface area contributed by atoms with Gasteiger partial charge in [0.25, 0.3) is 17.1 Å². The van der Waals surface area contributed by atoms with Crippen LogP contribution in [-0.2, 0) is 4.79 Å². The van der Waals surface area contributed by atoms with Gasteiger partial charge in [-0.1, -0.05) is 57.9 Å². The number of imide groups is 1. The number of nitrogens with one attached hydrogen (secondary N) is 1. The zero-order valence-electron chi connectivity index (χ0n) is 13.9. The molecular formula is C19H14BrClN2O3S. The highest BCUT2D eigenvalue weighted by molar-refractivity contribution is 9.10. The van der Waals surface area contributed by atoms with E-state index in [1.165, 1.54) is 0 Å². The minimum Gasteiger partial charge on any atom is -0.350 e. The topological polar surface area (TPSA) is 66.5 Å². The van der Waals surface area contributed by atoms with Crippen LogP contribution in [0.5, 0.6) is 0 Å². The Bertz CT molecular complexity index is 934. The Morgan fingerprint density at radius 1 is 1.19 bits per heavy atom. The molecular weight excluding hydrogens is 452 g/mol. The van der Waals surface area contributed by atoms with Gasteiger partial charge in [0, 0.05) is 17.6 Å². The van der Waals surface area contributed by atoms with E-state index < -0.39 is 0 Å². The van der Waals surface area contributed by atoms with Crippen LogP contribution >= 0.6 is 39.3 Å². The standard InChI is InChI=1S/C19H14BrClN2O3S/c20-13-6-7-15(21)14(11-13)17(24)22-8-9-23-18(25)16(27-19(23)26)10-12-4-2-1-3-5-12/h1-7,10-11H,8-9H2,(H,22,24)/b16-10-. The van der Waals surface area contributed by atoms with E-state index in [1.54, 1.807) is 24.3 Å². The Morgan fingerprint density at radius 3 is 2.67 bits per heavy atom. The number of amides is 3. The molecule has 0 atom stereocenters. The fraction of sp³-hybridized carbons (Fsp3) is 0.105. The number of rotatable bonds is 5. The highest BCUT2D eigenvalue weighted by Crippen LogP contribution is 2.31. The second-order valence-electron chi connectivity index (χ2n) is 5.62. The molecule has 1 aliphatic heterocycles. The molecule has 1 fully saturated rings. The third-order valence-corrected chi connectivity index (χ3v) is 5.50. The molecule has 1 heterocycles. The number of hydrogen-bond acceptors (Lipinski definition) is 4. The summed E-state index contributed by atoms with van der Waals surface area (Å²) in [5.41, 5.74) is 1.17. The molecule has 0 radical (unpaired) electrons. The molecule has 0 spiro atoms. The summed E-state index contributed by atoms with van der Waals surface area (Å²) in [5, 5.41) is 2.66. The van der Waals surface area contributed by atoms with Crippen LogP contribution in [0, 0.1) is 0 Å². The normalized spacial score (nSPS) is 15.5. The lowest BCUT2D eigenvalue weighted by molar-refractivity contribution is -0.122. The van der Waals surface area contributed by atoms with Crippen LogP contribution in [0.15, 0.2) is 57.9 Å². The first-order chi connectivity index (χ1) is 13.0. The van der Waals surface area contributed by atoms with Gasteiger partial charge in [0.15, 0.2) is 0 Å². The maximum Gasteiger partial charge on any atom is 0.293 e. The van der Waals surface area contributed by atoms with Crippen molar-refractivity contribution < 1.29 is 14.4 Å². The van der Waals surface area contributed by atoms with Crippen molar-refractivity contribution >= 4 is 62.4 Å². The molecule has 138 valence electrons. The molecule has 2 aromatic rings. The highest BCUT2D eigenvalue weighted by Gasteiger charge is 2.34. The van der Waals surface area contributed by atoms with Crippen LogP contribution in [0.25, 0.3) is 6.08 Å². The van der Waals surface area contributed by atoms with E-state index in [4.69, 9.17) is 11.6 Å². The largest absolute Gasteiger partial charge is 0.350 e. The third-order valence-electron chi connectivity index (χ3n) is 3.76. The van der Waals surface area contributed by atoms with Gasteiger partial charge in [0.05, 0.1) is 15.5 Å². The van der Waals surface area contributed by atoms with E-state index in [1.807, 2.05) is 30.3 Å². The Balaban J connectivity index is 1.60. The van der Waals surface area contributed by atoms with Crippen LogP contribution in [0.1, 0.15) is 15.9 Å². The first kappa shape index (κ1) is 19.7. The van der Waals surface area contributed by atoms with Crippen molar-refractivity contribution in [1.82, 2.24) is 10.2 Å². The zero-order chi connectivity index (χ0) is 19.4. The first-order valence-electron chi connectivity index (χ1n) is 7.99. The minimum absolute atomic E-state index is 0.0914. The van der Waals surface area contributed by atoms with Crippen molar-refractivity contribution in [3.8, 4) is 0 Å². The maximum atomic E-state index is 12.4. The number of thioether (sulfide) groups is 1. The average molecular weight is 466 g/mol. The number of nitrogens with zero attached hydrogens (tertiary/aromatic N) is 1. The van der Waals surface area contributed by atoms with Gasteiger partial charge in [0.1, 0.15) is 0 Å². The van der Waals surface area contributed by atoms with Crippen molar-refractivity contribution in [3.05, 3.63) is 74.1 Å². The van der Waals surface area contributed by atoms with Crippen molar-refractivity contribution in [1.29, 1.82) is 0 Å². The van der Waals surface area contributed by atoms with Crippen molar-refractivity contribution in [2.24, 2.45) is 0 Å². The highest BCUT2D eigenvalue weighted by atomic mass is 79.9. The van der Waals surface area contributed by atoms with E-state index in [0.29, 0.717) is 15.5 Å². The summed E-state index contributed by atoms with van der Waals surface area (Å²) < 4.78 is 0.731. The van der Waals surface area contributed by atoms with Crippen LogP contribution in [0.4, 0.5) is 4.79 Å². The molecule has 0 bridgehead atoms. The second kappa shape index (κ2) is 8.73. The molecule has 2 aromatic carbocycles. The smallest absolute Gasteiger partial charge is 0.293 e. The van der Waals surface area contributed by atoms with Gasteiger partial charge in [-0.05, 0) is 41.6 Å². The molecule has 0 aromatic heterocycles. The van der Waals surface area contributed by atoms with Crippen molar-refractivity contribution in [3.63, 3.8) is 0 Å². The minimum atomic E-state index is -0.368. The van der Waals surface area contributed by atoms with E-state index in [0.717, 1.165) is 26.7 Å². The van der Waals surface area contributed by atoms with Gasteiger partial charge in [-0.3, -0.25) is 19.3 Å². The molecule has 8 heteroatoms. The number of benzene rings is 2. The summed E-state index contributed by atoms with van der Waals surface area (Å²) in [6, 6.07) is 14.3. The quantitative estimate of drug-likeness (QED) is 0.657. The van der Waals surface area contributed by atoms with Gasteiger partial charge >= 0.3 is 0 Å². The van der Waals surface area contributed by atoms with Crippen LogP contribution in [-0.4, -0.2) is 35.0 Å². The summed E-state index contributed by atoms with van der Waals surface area (Å²) in [4.78, 5) is 38.3. The summed E-state index contributed by atoms with van der Waals surface area (Å²) in [6.07, 6.45) is 1.69. The number of halogens is 2. The summed E-state index contributed by atoms with van der Waals surface area (Å²) in [5.74, 6) is -0.725. The predicted octanol–water partition coefficient (Wildman–Crippen LogP) is 4.57. The molecule has 0 saturated carbocycles. The summed E-state index contributed by atoms with van der Waals surface area (Å²) in [7, 11) is 0. The van der Waals surface area contributed by atoms with E-state index in [2.05, 4.69) is 21.2 Å². The lowest BCUT2D eigenvalue weighted by Crippen LogP contribution is -2.37. The fourth-order valence-corrected chi connectivity index (χ4v) is 3.87.